The number of halogens is 1. The van der Waals surface area contributed by atoms with E-state index in [0.29, 0.717) is 36.3 Å². The van der Waals surface area contributed by atoms with Crippen LogP contribution in [0.4, 0.5) is 0 Å². The molecular formula is C18H22ClNO4. The molecule has 24 heavy (non-hydrogen) atoms. The number of ether oxygens (including phenoxy) is 4. The summed E-state index contributed by atoms with van der Waals surface area (Å²) in [6.07, 6.45) is 0. The minimum absolute atomic E-state index is 0.346. The lowest BCUT2D eigenvalue weighted by molar-refractivity contribution is 0.211. The number of methoxy groups -OCH3 is 2. The van der Waals surface area contributed by atoms with Crippen LogP contribution in [0.1, 0.15) is 5.56 Å². The highest BCUT2D eigenvalue weighted by Gasteiger charge is 2.12. The van der Waals surface area contributed by atoms with Gasteiger partial charge in [-0.25, -0.2) is 0 Å². The van der Waals surface area contributed by atoms with Gasteiger partial charge >= 0.3 is 0 Å². The van der Waals surface area contributed by atoms with Gasteiger partial charge in [-0.15, -0.1) is 0 Å². The zero-order chi connectivity index (χ0) is 17.4. The smallest absolute Gasteiger partial charge is 0.179 e. The Hall–Kier alpha value is -2.11. The molecule has 2 rings (SSSR count). The lowest BCUT2D eigenvalue weighted by atomic mass is 10.2. The molecule has 0 unspecified atom stereocenters. The Morgan fingerprint density at radius 3 is 2.42 bits per heavy atom. The van der Waals surface area contributed by atoms with E-state index in [4.69, 9.17) is 30.5 Å². The Bertz CT molecular complexity index is 663. The molecule has 1 N–H and O–H groups in total. The Morgan fingerprint density at radius 1 is 0.958 bits per heavy atom. The second kappa shape index (κ2) is 9.25. The fourth-order valence-corrected chi connectivity index (χ4v) is 2.50. The van der Waals surface area contributed by atoms with Crippen molar-refractivity contribution in [2.45, 2.75) is 6.54 Å². The van der Waals surface area contributed by atoms with E-state index in [2.05, 4.69) is 5.32 Å². The Morgan fingerprint density at radius 2 is 1.71 bits per heavy atom. The first-order valence-corrected chi connectivity index (χ1v) is 7.96. The molecule has 0 bridgehead atoms. The zero-order valence-electron chi connectivity index (χ0n) is 14.1. The van der Waals surface area contributed by atoms with E-state index in [0.717, 1.165) is 17.1 Å². The second-order valence-corrected chi connectivity index (χ2v) is 5.42. The van der Waals surface area contributed by atoms with E-state index < -0.39 is 0 Å². The van der Waals surface area contributed by atoms with Crippen LogP contribution in [0.25, 0.3) is 0 Å². The summed E-state index contributed by atoms with van der Waals surface area (Å²) in [5.41, 5.74) is 1.03. The predicted molar refractivity (Wildman–Crippen MR) is 94.8 cm³/mol. The van der Waals surface area contributed by atoms with Crippen molar-refractivity contribution < 1.29 is 18.9 Å². The van der Waals surface area contributed by atoms with Gasteiger partial charge < -0.3 is 24.3 Å². The van der Waals surface area contributed by atoms with Crippen LogP contribution in [-0.4, -0.2) is 34.5 Å². The Balaban J connectivity index is 1.93. The van der Waals surface area contributed by atoms with Crippen molar-refractivity contribution in [3.63, 3.8) is 0 Å². The molecule has 2 aromatic rings. The van der Waals surface area contributed by atoms with E-state index in [-0.39, 0.29) is 0 Å². The fourth-order valence-electron chi connectivity index (χ4n) is 2.21. The highest BCUT2D eigenvalue weighted by Crippen LogP contribution is 2.36. The summed E-state index contributed by atoms with van der Waals surface area (Å²) in [5, 5.41) is 3.59. The van der Waals surface area contributed by atoms with Gasteiger partial charge in [0.1, 0.15) is 24.7 Å². The number of nitrogens with one attached hydrogen (secondary N) is 1. The van der Waals surface area contributed by atoms with E-state index in [9.17, 15) is 0 Å². The quantitative estimate of drug-likeness (QED) is 0.700. The topological polar surface area (TPSA) is 49.0 Å². The molecule has 0 radical (unpaired) electrons. The van der Waals surface area contributed by atoms with Crippen molar-refractivity contribution in [1.29, 1.82) is 0 Å². The molecule has 0 aliphatic rings. The van der Waals surface area contributed by atoms with Crippen molar-refractivity contribution >= 4 is 11.6 Å². The van der Waals surface area contributed by atoms with E-state index in [1.54, 1.807) is 14.2 Å². The first-order valence-electron chi connectivity index (χ1n) is 7.58. The number of hydrogen-bond donors (Lipinski definition) is 1. The summed E-state index contributed by atoms with van der Waals surface area (Å²) in [7, 11) is 5.09. The van der Waals surface area contributed by atoms with Crippen LogP contribution in [0.15, 0.2) is 36.4 Å². The number of hydrogen-bond acceptors (Lipinski definition) is 5. The van der Waals surface area contributed by atoms with Gasteiger partial charge in [0.25, 0.3) is 0 Å². The van der Waals surface area contributed by atoms with Crippen LogP contribution in [0, 0.1) is 0 Å². The van der Waals surface area contributed by atoms with Gasteiger partial charge in [-0.05, 0) is 36.9 Å². The van der Waals surface area contributed by atoms with Gasteiger partial charge in [0.15, 0.2) is 11.5 Å². The van der Waals surface area contributed by atoms with Gasteiger partial charge in [0, 0.05) is 12.6 Å². The molecule has 130 valence electrons. The van der Waals surface area contributed by atoms with Gasteiger partial charge in [-0.2, -0.15) is 0 Å². The standard InChI is InChI=1S/C18H22ClNO4/c1-20-12-13-9-16(19)18(17(10-13)22-3)24-8-7-23-15-6-4-5-14(11-15)21-2/h4-6,9-11,20H,7-8,12H2,1-3H3. The van der Waals surface area contributed by atoms with Crippen molar-refractivity contribution in [1.82, 2.24) is 5.32 Å². The number of rotatable bonds is 9. The van der Waals surface area contributed by atoms with Gasteiger partial charge in [0.05, 0.1) is 19.2 Å². The first-order chi connectivity index (χ1) is 11.7. The summed E-state index contributed by atoms with van der Waals surface area (Å²) in [6.45, 7) is 1.43. The van der Waals surface area contributed by atoms with Crippen LogP contribution in [0.3, 0.4) is 0 Å². The molecule has 0 atom stereocenters. The summed E-state index contributed by atoms with van der Waals surface area (Å²) in [4.78, 5) is 0. The van der Waals surface area contributed by atoms with Crippen molar-refractivity contribution in [3.8, 4) is 23.0 Å². The molecule has 0 aromatic heterocycles. The molecule has 0 saturated heterocycles. The zero-order valence-corrected chi connectivity index (χ0v) is 14.9. The Labute approximate surface area is 147 Å². The molecule has 2 aromatic carbocycles. The molecule has 0 aliphatic carbocycles. The highest BCUT2D eigenvalue weighted by molar-refractivity contribution is 6.32. The summed E-state index contributed by atoms with van der Waals surface area (Å²) in [5.74, 6) is 2.60. The molecule has 0 amide bonds. The molecule has 0 heterocycles. The fraction of sp³-hybridized carbons (Fsp3) is 0.333. The van der Waals surface area contributed by atoms with Gasteiger partial charge in [-0.1, -0.05) is 17.7 Å². The normalized spacial score (nSPS) is 10.3. The third kappa shape index (κ3) is 4.94. The van der Waals surface area contributed by atoms with E-state index >= 15 is 0 Å². The summed E-state index contributed by atoms with van der Waals surface area (Å²) >= 11 is 6.29. The summed E-state index contributed by atoms with van der Waals surface area (Å²) < 4.78 is 21.9. The average molecular weight is 352 g/mol. The lowest BCUT2D eigenvalue weighted by Crippen LogP contribution is -2.10. The average Bonchev–Trinajstić information content (AvgIpc) is 2.60. The predicted octanol–water partition coefficient (Wildman–Crippen LogP) is 3.53. The second-order valence-electron chi connectivity index (χ2n) is 5.02. The maximum Gasteiger partial charge on any atom is 0.179 e. The SMILES string of the molecule is CNCc1cc(Cl)c(OCCOc2cccc(OC)c2)c(OC)c1. The maximum atomic E-state index is 6.29. The largest absolute Gasteiger partial charge is 0.497 e. The number of benzene rings is 2. The maximum absolute atomic E-state index is 6.29. The minimum atomic E-state index is 0.346. The van der Waals surface area contributed by atoms with Crippen molar-refractivity contribution in [2.24, 2.45) is 0 Å². The van der Waals surface area contributed by atoms with Crippen molar-refractivity contribution in [3.05, 3.63) is 47.0 Å². The van der Waals surface area contributed by atoms with Crippen LogP contribution in [-0.2, 0) is 6.54 Å². The van der Waals surface area contributed by atoms with E-state index in [1.807, 2.05) is 43.4 Å². The summed E-state index contributed by atoms with van der Waals surface area (Å²) in [6, 6.07) is 11.2. The third-order valence-corrected chi connectivity index (χ3v) is 3.59. The first kappa shape index (κ1) is 18.2. The molecule has 0 spiro atoms. The molecule has 0 fully saturated rings. The van der Waals surface area contributed by atoms with E-state index in [1.165, 1.54) is 0 Å². The molecule has 0 aliphatic heterocycles. The minimum Gasteiger partial charge on any atom is -0.497 e. The monoisotopic (exact) mass is 351 g/mol. The lowest BCUT2D eigenvalue weighted by Gasteiger charge is -2.14. The van der Waals surface area contributed by atoms with Crippen LogP contribution >= 0.6 is 11.6 Å². The molecular weight excluding hydrogens is 330 g/mol. The van der Waals surface area contributed by atoms with Crippen LogP contribution in [0.2, 0.25) is 5.02 Å². The molecule has 0 saturated carbocycles. The molecule has 6 heteroatoms. The van der Waals surface area contributed by atoms with Gasteiger partial charge in [-0.3, -0.25) is 0 Å². The van der Waals surface area contributed by atoms with Crippen molar-refractivity contribution in [2.75, 3.05) is 34.5 Å². The Kier molecular flexibility index (Phi) is 7.03. The van der Waals surface area contributed by atoms with Crippen LogP contribution < -0.4 is 24.3 Å². The molecule has 5 nitrogen and oxygen atoms in total. The highest BCUT2D eigenvalue weighted by atomic mass is 35.5. The van der Waals surface area contributed by atoms with Crippen LogP contribution in [0.5, 0.6) is 23.0 Å². The van der Waals surface area contributed by atoms with Gasteiger partial charge in [0.2, 0.25) is 0 Å². The third-order valence-electron chi connectivity index (χ3n) is 3.31.